The molecule has 8 nitrogen and oxygen atoms in total. The smallest absolute Gasteiger partial charge is 0.330 e. The third-order valence-corrected chi connectivity index (χ3v) is 4.52. The fourth-order valence-electron chi connectivity index (χ4n) is 2.99. The van der Waals surface area contributed by atoms with Crippen LogP contribution in [0.1, 0.15) is 43.5 Å². The number of benzene rings is 1. The number of rotatable bonds is 8. The molecule has 0 aliphatic heterocycles. The van der Waals surface area contributed by atoms with E-state index in [0.717, 1.165) is 12.1 Å². The number of nitrogens with zero attached hydrogens (tertiary/aromatic N) is 3. The van der Waals surface area contributed by atoms with Gasteiger partial charge in [-0.05, 0) is 31.0 Å². The molecular weight excluding hydrogens is 358 g/mol. The van der Waals surface area contributed by atoms with E-state index in [1.165, 1.54) is 9.47 Å². The average molecular weight is 387 g/mol. The second-order valence-corrected chi connectivity index (χ2v) is 6.90. The Morgan fingerprint density at radius 3 is 2.50 bits per heavy atom. The van der Waals surface area contributed by atoms with Crippen LogP contribution in [0.15, 0.2) is 33.9 Å². The number of H-pyrrole nitrogens is 1. The van der Waals surface area contributed by atoms with E-state index in [2.05, 4.69) is 4.98 Å². The van der Waals surface area contributed by atoms with E-state index in [1.807, 2.05) is 38.9 Å². The molecule has 1 aromatic carbocycles. The van der Waals surface area contributed by atoms with Gasteiger partial charge in [0.1, 0.15) is 5.82 Å². The summed E-state index contributed by atoms with van der Waals surface area (Å²) in [6, 6.07) is 7.18. The van der Waals surface area contributed by atoms with Crippen molar-refractivity contribution in [2.24, 2.45) is 0 Å². The molecule has 0 bridgehead atoms. The fraction of sp³-hybridized carbons (Fsp3) is 0.450. The molecule has 2 rings (SSSR count). The van der Waals surface area contributed by atoms with E-state index < -0.39 is 11.2 Å². The van der Waals surface area contributed by atoms with Crippen molar-refractivity contribution in [3.05, 3.63) is 50.7 Å². The Kier molecular flexibility index (Phi) is 7.03. The van der Waals surface area contributed by atoms with Crippen molar-refractivity contribution in [1.82, 2.24) is 9.55 Å². The van der Waals surface area contributed by atoms with Crippen molar-refractivity contribution in [3.8, 4) is 0 Å². The van der Waals surface area contributed by atoms with Gasteiger partial charge in [-0.25, -0.2) is 4.79 Å². The highest BCUT2D eigenvalue weighted by molar-refractivity contribution is 6.07. The number of anilines is 3. The van der Waals surface area contributed by atoms with Crippen LogP contribution in [0.25, 0.3) is 0 Å². The van der Waals surface area contributed by atoms with Gasteiger partial charge in [-0.15, -0.1) is 0 Å². The number of carbonyl (C=O) groups is 1. The van der Waals surface area contributed by atoms with Gasteiger partial charge in [0.25, 0.3) is 11.5 Å². The Balaban J connectivity index is 2.60. The van der Waals surface area contributed by atoms with Crippen molar-refractivity contribution in [1.29, 1.82) is 0 Å². The summed E-state index contributed by atoms with van der Waals surface area (Å²) in [6.07, 6.45) is 2.21. The Labute approximate surface area is 164 Å². The molecule has 3 N–H and O–H groups in total. The van der Waals surface area contributed by atoms with Crippen molar-refractivity contribution >= 4 is 23.1 Å². The molecule has 152 valence electrons. The van der Waals surface area contributed by atoms with Crippen LogP contribution in [-0.4, -0.2) is 36.1 Å². The number of hydrogen-bond acceptors (Lipinski definition) is 5. The Morgan fingerprint density at radius 1 is 1.18 bits per heavy atom. The highest BCUT2D eigenvalue weighted by Crippen LogP contribution is 2.22. The van der Waals surface area contributed by atoms with E-state index in [1.54, 1.807) is 18.2 Å². The average Bonchev–Trinajstić information content (AvgIpc) is 2.67. The maximum atomic E-state index is 13.3. The van der Waals surface area contributed by atoms with Crippen LogP contribution in [0.4, 0.5) is 17.2 Å². The summed E-state index contributed by atoms with van der Waals surface area (Å²) >= 11 is 0. The minimum atomic E-state index is -0.650. The maximum absolute atomic E-state index is 13.3. The van der Waals surface area contributed by atoms with Gasteiger partial charge < -0.3 is 15.5 Å². The molecule has 0 atom stereocenters. The van der Waals surface area contributed by atoms with Gasteiger partial charge in [0.15, 0.2) is 5.69 Å². The maximum Gasteiger partial charge on any atom is 0.330 e. The zero-order chi connectivity index (χ0) is 20.8. The molecule has 0 aliphatic carbocycles. The van der Waals surface area contributed by atoms with E-state index in [9.17, 15) is 14.4 Å². The standard InChI is InChI=1S/C20H29N5O3/c1-5-7-12-24(19(27)14-9-8-10-15(13-14)23(3)4)16-17(21)25(11-6-2)20(28)22-18(16)26/h8-10,13H,5-7,11-12,21H2,1-4H3,(H,22,26,28). The van der Waals surface area contributed by atoms with E-state index in [4.69, 9.17) is 5.73 Å². The van der Waals surface area contributed by atoms with Gasteiger partial charge in [-0.2, -0.15) is 0 Å². The lowest BCUT2D eigenvalue weighted by molar-refractivity contribution is 0.0986. The van der Waals surface area contributed by atoms with Crippen LogP contribution >= 0.6 is 0 Å². The topological polar surface area (TPSA) is 104 Å². The molecule has 0 saturated carbocycles. The van der Waals surface area contributed by atoms with Gasteiger partial charge in [0.05, 0.1) is 0 Å². The largest absolute Gasteiger partial charge is 0.383 e. The summed E-state index contributed by atoms with van der Waals surface area (Å²) < 4.78 is 1.30. The van der Waals surface area contributed by atoms with Crippen molar-refractivity contribution < 1.29 is 4.79 Å². The van der Waals surface area contributed by atoms with Crippen molar-refractivity contribution in [2.45, 2.75) is 39.7 Å². The summed E-state index contributed by atoms with van der Waals surface area (Å²) in [6.45, 7) is 4.60. The first kappa shape index (κ1) is 21.3. The summed E-state index contributed by atoms with van der Waals surface area (Å²) in [5, 5.41) is 0. The number of carbonyl (C=O) groups excluding carboxylic acids is 1. The van der Waals surface area contributed by atoms with Gasteiger partial charge in [-0.1, -0.05) is 26.3 Å². The second kappa shape index (κ2) is 9.25. The number of hydrogen-bond donors (Lipinski definition) is 2. The van der Waals surface area contributed by atoms with Crippen LogP contribution in [-0.2, 0) is 6.54 Å². The minimum Gasteiger partial charge on any atom is -0.383 e. The second-order valence-electron chi connectivity index (χ2n) is 6.90. The molecule has 0 fully saturated rings. The Morgan fingerprint density at radius 2 is 1.89 bits per heavy atom. The highest BCUT2D eigenvalue weighted by Gasteiger charge is 2.25. The molecule has 8 heteroatoms. The molecule has 0 aliphatic rings. The number of nitrogen functional groups attached to an aromatic ring is 1. The third-order valence-electron chi connectivity index (χ3n) is 4.52. The van der Waals surface area contributed by atoms with Crippen LogP contribution in [0.5, 0.6) is 0 Å². The molecule has 0 spiro atoms. The normalized spacial score (nSPS) is 10.7. The van der Waals surface area contributed by atoms with Gasteiger partial charge >= 0.3 is 5.69 Å². The highest BCUT2D eigenvalue weighted by atomic mass is 16.2. The predicted molar refractivity (Wildman–Crippen MR) is 113 cm³/mol. The van der Waals surface area contributed by atoms with E-state index in [-0.39, 0.29) is 17.4 Å². The molecule has 1 heterocycles. The quantitative estimate of drug-likeness (QED) is 0.721. The Hall–Kier alpha value is -3.03. The first-order valence-corrected chi connectivity index (χ1v) is 9.53. The molecule has 2 aromatic rings. The summed E-state index contributed by atoms with van der Waals surface area (Å²) in [7, 11) is 3.78. The van der Waals surface area contributed by atoms with Crippen molar-refractivity contribution in [2.75, 3.05) is 36.2 Å². The fourth-order valence-corrected chi connectivity index (χ4v) is 2.99. The molecule has 0 saturated heterocycles. The van der Waals surface area contributed by atoms with Crippen LogP contribution in [0.3, 0.4) is 0 Å². The molecular formula is C20H29N5O3. The molecule has 28 heavy (non-hydrogen) atoms. The monoisotopic (exact) mass is 387 g/mol. The lowest BCUT2D eigenvalue weighted by Gasteiger charge is -2.25. The van der Waals surface area contributed by atoms with Gasteiger partial charge in [0, 0.05) is 38.4 Å². The summed E-state index contributed by atoms with van der Waals surface area (Å²) in [4.78, 5) is 43.6. The SMILES string of the molecule is CCCCN(C(=O)c1cccc(N(C)C)c1)c1c(N)n(CCC)c(=O)[nH]c1=O. The first-order chi connectivity index (χ1) is 13.3. The molecule has 0 radical (unpaired) electrons. The zero-order valence-corrected chi connectivity index (χ0v) is 17.0. The third kappa shape index (κ3) is 4.44. The van der Waals surface area contributed by atoms with Gasteiger partial charge in [0.2, 0.25) is 0 Å². The van der Waals surface area contributed by atoms with Crippen LogP contribution in [0.2, 0.25) is 0 Å². The molecule has 1 amide bonds. The van der Waals surface area contributed by atoms with E-state index in [0.29, 0.717) is 31.5 Å². The number of unbranched alkanes of at least 4 members (excludes halogenated alkanes) is 1. The zero-order valence-electron chi connectivity index (χ0n) is 17.0. The number of nitrogens with two attached hydrogens (primary N) is 1. The van der Waals surface area contributed by atoms with Crippen LogP contribution < -0.4 is 26.8 Å². The lowest BCUT2D eigenvalue weighted by Crippen LogP contribution is -2.41. The Bertz CT molecular complexity index is 946. The molecule has 1 aromatic heterocycles. The molecule has 0 unspecified atom stereocenters. The minimum absolute atomic E-state index is 0.0174. The lowest BCUT2D eigenvalue weighted by atomic mass is 10.1. The summed E-state index contributed by atoms with van der Waals surface area (Å²) in [5.74, 6) is -0.306. The number of nitrogens with one attached hydrogen (secondary N) is 1. The predicted octanol–water partition coefficient (Wildman–Crippen LogP) is 2.04. The number of amides is 1. The van der Waals surface area contributed by atoms with E-state index >= 15 is 0 Å². The van der Waals surface area contributed by atoms with Crippen molar-refractivity contribution in [3.63, 3.8) is 0 Å². The number of aromatic amines is 1. The first-order valence-electron chi connectivity index (χ1n) is 9.53. The number of aromatic nitrogens is 2. The van der Waals surface area contributed by atoms with Crippen LogP contribution in [0, 0.1) is 0 Å². The summed E-state index contributed by atoms with van der Waals surface area (Å²) in [5.41, 5.74) is 6.32. The van der Waals surface area contributed by atoms with Gasteiger partial charge in [-0.3, -0.25) is 19.1 Å².